The summed E-state index contributed by atoms with van der Waals surface area (Å²) < 4.78 is 12.2. The van der Waals surface area contributed by atoms with Gasteiger partial charge >= 0.3 is 0 Å². The number of unbranched alkanes of at least 4 members (excludes halogenated alkanes) is 1. The van der Waals surface area contributed by atoms with Crippen molar-refractivity contribution in [3.8, 4) is 5.75 Å². The summed E-state index contributed by atoms with van der Waals surface area (Å²) in [7, 11) is 0. The number of hydrogen-bond donors (Lipinski definition) is 1. The van der Waals surface area contributed by atoms with Crippen LogP contribution in [0.15, 0.2) is 22.7 Å². The fraction of sp³-hybridized carbons (Fsp3) is 0.647. The Kier molecular flexibility index (Phi) is 9.72. The van der Waals surface area contributed by atoms with E-state index in [1.807, 2.05) is 6.07 Å². The monoisotopic (exact) mass is 357 g/mol. The molecule has 0 saturated heterocycles. The highest BCUT2D eigenvalue weighted by molar-refractivity contribution is 9.10. The zero-order chi connectivity index (χ0) is 15.5. The van der Waals surface area contributed by atoms with Crippen LogP contribution in [0.1, 0.15) is 39.2 Å². The van der Waals surface area contributed by atoms with Gasteiger partial charge in [0.25, 0.3) is 0 Å². The Balaban J connectivity index is 2.29. The van der Waals surface area contributed by atoms with Crippen molar-refractivity contribution in [3.63, 3.8) is 0 Å². The number of nitrogens with one attached hydrogen (secondary N) is 1. The summed E-state index contributed by atoms with van der Waals surface area (Å²) in [5.74, 6) is 1.55. The first-order valence-corrected chi connectivity index (χ1v) is 8.62. The van der Waals surface area contributed by atoms with Crippen LogP contribution < -0.4 is 10.1 Å². The summed E-state index contributed by atoms with van der Waals surface area (Å²) in [5.41, 5.74) is 1.26. The second-order valence-corrected chi connectivity index (χ2v) is 6.46. The van der Waals surface area contributed by atoms with Gasteiger partial charge in [-0.1, -0.05) is 33.3 Å². The molecule has 120 valence electrons. The molecule has 0 amide bonds. The predicted molar refractivity (Wildman–Crippen MR) is 91.9 cm³/mol. The van der Waals surface area contributed by atoms with Crippen LogP contribution in [0.3, 0.4) is 0 Å². The molecular weight excluding hydrogens is 330 g/mol. The van der Waals surface area contributed by atoms with E-state index in [0.29, 0.717) is 19.1 Å². The lowest BCUT2D eigenvalue weighted by molar-refractivity contribution is 0.0978. The molecule has 0 fully saturated rings. The van der Waals surface area contributed by atoms with Gasteiger partial charge in [0.15, 0.2) is 0 Å². The first-order chi connectivity index (χ1) is 10.1. The van der Waals surface area contributed by atoms with Crippen molar-refractivity contribution < 1.29 is 9.47 Å². The number of rotatable bonds is 11. The zero-order valence-corrected chi connectivity index (χ0v) is 15.0. The smallest absolute Gasteiger partial charge is 0.133 e. The van der Waals surface area contributed by atoms with Crippen LogP contribution in [0.4, 0.5) is 0 Å². The molecule has 0 aliphatic carbocycles. The van der Waals surface area contributed by atoms with E-state index in [9.17, 15) is 0 Å². The summed E-state index contributed by atoms with van der Waals surface area (Å²) >= 11 is 3.57. The van der Waals surface area contributed by atoms with Crippen LogP contribution >= 0.6 is 15.9 Å². The van der Waals surface area contributed by atoms with Crippen LogP contribution in [0.2, 0.25) is 0 Å². The maximum absolute atomic E-state index is 5.72. The molecule has 1 rings (SSSR count). The standard InChI is InChI=1S/C17H28BrNO2/c1-4-5-8-20-9-10-21-17-7-6-15(11-16(17)18)13-19-12-14(2)3/h6-7,11,14,19H,4-5,8-10,12-13H2,1-3H3. The molecule has 0 spiro atoms. The molecule has 0 heterocycles. The average molecular weight is 358 g/mol. The van der Waals surface area contributed by atoms with E-state index in [4.69, 9.17) is 9.47 Å². The summed E-state index contributed by atoms with van der Waals surface area (Å²) in [6.07, 6.45) is 2.28. The van der Waals surface area contributed by atoms with Gasteiger partial charge < -0.3 is 14.8 Å². The SMILES string of the molecule is CCCCOCCOc1ccc(CNCC(C)C)cc1Br. The van der Waals surface area contributed by atoms with Crippen LogP contribution in [0.25, 0.3) is 0 Å². The number of benzene rings is 1. The van der Waals surface area contributed by atoms with E-state index >= 15 is 0 Å². The molecule has 0 saturated carbocycles. The highest BCUT2D eigenvalue weighted by atomic mass is 79.9. The first kappa shape index (κ1) is 18.5. The molecule has 0 radical (unpaired) electrons. The molecule has 0 atom stereocenters. The third-order valence-corrected chi connectivity index (χ3v) is 3.63. The van der Waals surface area contributed by atoms with Gasteiger partial charge in [-0.25, -0.2) is 0 Å². The Bertz CT molecular complexity index is 396. The third-order valence-electron chi connectivity index (χ3n) is 3.01. The number of hydrogen-bond acceptors (Lipinski definition) is 3. The normalized spacial score (nSPS) is 11.1. The minimum absolute atomic E-state index is 0.591. The molecule has 4 heteroatoms. The van der Waals surface area contributed by atoms with E-state index in [1.165, 1.54) is 12.0 Å². The second kappa shape index (κ2) is 11.0. The quantitative estimate of drug-likeness (QED) is 0.595. The van der Waals surface area contributed by atoms with Crippen molar-refractivity contribution in [2.75, 3.05) is 26.4 Å². The highest BCUT2D eigenvalue weighted by Gasteiger charge is 2.03. The van der Waals surface area contributed by atoms with Crippen LogP contribution in [0.5, 0.6) is 5.75 Å². The molecule has 0 aliphatic heterocycles. The van der Waals surface area contributed by atoms with Gasteiger partial charge in [-0.05, 0) is 52.5 Å². The van der Waals surface area contributed by atoms with Crippen molar-refractivity contribution in [1.29, 1.82) is 0 Å². The van der Waals surface area contributed by atoms with Crippen molar-refractivity contribution in [3.05, 3.63) is 28.2 Å². The van der Waals surface area contributed by atoms with E-state index in [0.717, 1.165) is 36.3 Å². The Labute approximate surface area is 137 Å². The summed E-state index contributed by atoms with van der Waals surface area (Å²) in [5, 5.41) is 3.44. The van der Waals surface area contributed by atoms with Gasteiger partial charge in [-0.15, -0.1) is 0 Å². The van der Waals surface area contributed by atoms with Crippen LogP contribution in [-0.2, 0) is 11.3 Å². The van der Waals surface area contributed by atoms with Gasteiger partial charge in [0.1, 0.15) is 12.4 Å². The van der Waals surface area contributed by atoms with E-state index in [2.05, 4.69) is 54.2 Å². The van der Waals surface area contributed by atoms with E-state index in [1.54, 1.807) is 0 Å². The van der Waals surface area contributed by atoms with Crippen LogP contribution in [-0.4, -0.2) is 26.4 Å². The molecule has 1 N–H and O–H groups in total. The Morgan fingerprint density at radius 3 is 2.67 bits per heavy atom. The summed E-state index contributed by atoms with van der Waals surface area (Å²) in [6.45, 7) is 10.6. The lowest BCUT2D eigenvalue weighted by Crippen LogP contribution is -2.18. The molecule has 1 aromatic carbocycles. The number of halogens is 1. The van der Waals surface area contributed by atoms with Crippen molar-refractivity contribution in [2.45, 2.75) is 40.2 Å². The van der Waals surface area contributed by atoms with Crippen molar-refractivity contribution >= 4 is 15.9 Å². The van der Waals surface area contributed by atoms with Gasteiger partial charge in [-0.2, -0.15) is 0 Å². The van der Waals surface area contributed by atoms with Gasteiger partial charge in [0, 0.05) is 13.2 Å². The fourth-order valence-corrected chi connectivity index (χ4v) is 2.38. The summed E-state index contributed by atoms with van der Waals surface area (Å²) in [6, 6.07) is 6.23. The van der Waals surface area contributed by atoms with Gasteiger partial charge in [-0.3, -0.25) is 0 Å². The van der Waals surface area contributed by atoms with Crippen molar-refractivity contribution in [1.82, 2.24) is 5.32 Å². The largest absolute Gasteiger partial charge is 0.490 e. The average Bonchev–Trinajstić information content (AvgIpc) is 2.44. The van der Waals surface area contributed by atoms with Gasteiger partial charge in [0.2, 0.25) is 0 Å². The Hall–Kier alpha value is -0.580. The minimum Gasteiger partial charge on any atom is -0.490 e. The van der Waals surface area contributed by atoms with Crippen molar-refractivity contribution in [2.24, 2.45) is 5.92 Å². The second-order valence-electron chi connectivity index (χ2n) is 5.60. The molecule has 1 aromatic rings. The lowest BCUT2D eigenvalue weighted by Gasteiger charge is -2.11. The topological polar surface area (TPSA) is 30.5 Å². The maximum Gasteiger partial charge on any atom is 0.133 e. The Morgan fingerprint density at radius 1 is 1.19 bits per heavy atom. The summed E-state index contributed by atoms with van der Waals surface area (Å²) in [4.78, 5) is 0. The molecule has 21 heavy (non-hydrogen) atoms. The molecule has 0 aromatic heterocycles. The molecule has 0 bridgehead atoms. The zero-order valence-electron chi connectivity index (χ0n) is 13.5. The van der Waals surface area contributed by atoms with E-state index < -0.39 is 0 Å². The fourth-order valence-electron chi connectivity index (χ4n) is 1.84. The molecular formula is C17H28BrNO2. The molecule has 0 aliphatic rings. The highest BCUT2D eigenvalue weighted by Crippen LogP contribution is 2.26. The third kappa shape index (κ3) is 8.44. The Morgan fingerprint density at radius 2 is 2.00 bits per heavy atom. The predicted octanol–water partition coefficient (Wildman–Crippen LogP) is 4.39. The maximum atomic E-state index is 5.72. The van der Waals surface area contributed by atoms with Crippen LogP contribution in [0, 0.1) is 5.92 Å². The molecule has 0 unspecified atom stereocenters. The first-order valence-electron chi connectivity index (χ1n) is 7.83. The molecule has 3 nitrogen and oxygen atoms in total. The number of ether oxygens (including phenoxy) is 2. The van der Waals surface area contributed by atoms with E-state index in [-0.39, 0.29) is 0 Å². The minimum atomic E-state index is 0.591. The van der Waals surface area contributed by atoms with Gasteiger partial charge in [0.05, 0.1) is 11.1 Å². The lowest BCUT2D eigenvalue weighted by atomic mass is 10.2.